The van der Waals surface area contributed by atoms with E-state index >= 15 is 0 Å². The number of aromatic nitrogens is 4. The molecule has 3 heterocycles. The van der Waals surface area contributed by atoms with Crippen LogP contribution in [0.5, 0.6) is 0 Å². The minimum atomic E-state index is -0.109. The molecule has 0 aromatic carbocycles. The molecule has 0 atom stereocenters. The topological polar surface area (TPSA) is 85.8 Å². The average Bonchev–Trinajstić information content (AvgIpc) is 3.27. The molecule has 3 aromatic rings. The molecule has 3 rings (SSSR count). The van der Waals surface area contributed by atoms with Gasteiger partial charge in [-0.25, -0.2) is 4.98 Å². The number of furan rings is 1. The van der Waals surface area contributed by atoms with Crippen LogP contribution in [0.2, 0.25) is 0 Å². The highest BCUT2D eigenvalue weighted by Crippen LogP contribution is 2.26. The summed E-state index contributed by atoms with van der Waals surface area (Å²) in [6.45, 7) is 8.92. The highest BCUT2D eigenvalue weighted by Gasteiger charge is 2.18. The lowest BCUT2D eigenvalue weighted by atomic mass is 10.2. The average molecular weight is 392 g/mol. The van der Waals surface area contributed by atoms with Crippen molar-refractivity contribution in [3.05, 3.63) is 29.0 Å². The highest BCUT2D eigenvalue weighted by atomic mass is 32.2. The second-order valence-corrected chi connectivity index (χ2v) is 8.43. The summed E-state index contributed by atoms with van der Waals surface area (Å²) in [6, 6.07) is 3.68. The lowest BCUT2D eigenvalue weighted by molar-refractivity contribution is -0.113. The van der Waals surface area contributed by atoms with Crippen LogP contribution in [0.1, 0.15) is 24.4 Å². The van der Waals surface area contributed by atoms with Gasteiger partial charge in [0.2, 0.25) is 5.91 Å². The van der Waals surface area contributed by atoms with Crippen LogP contribution >= 0.6 is 23.1 Å². The van der Waals surface area contributed by atoms with Gasteiger partial charge in [-0.15, -0.1) is 21.5 Å². The van der Waals surface area contributed by atoms with Gasteiger partial charge in [0.15, 0.2) is 21.9 Å². The van der Waals surface area contributed by atoms with Crippen LogP contribution in [0.25, 0.3) is 11.6 Å². The van der Waals surface area contributed by atoms with Gasteiger partial charge in [-0.3, -0.25) is 9.36 Å². The number of nitrogens with one attached hydrogen (secondary N) is 1. The monoisotopic (exact) mass is 391 g/mol. The lowest BCUT2D eigenvalue weighted by Crippen LogP contribution is -2.15. The number of amides is 1. The third-order valence-electron chi connectivity index (χ3n) is 3.61. The van der Waals surface area contributed by atoms with Gasteiger partial charge >= 0.3 is 0 Å². The van der Waals surface area contributed by atoms with E-state index in [-0.39, 0.29) is 11.7 Å². The van der Waals surface area contributed by atoms with Gasteiger partial charge < -0.3 is 9.73 Å². The molecule has 0 bridgehead atoms. The van der Waals surface area contributed by atoms with E-state index in [0.717, 1.165) is 17.1 Å². The van der Waals surface area contributed by atoms with Crippen LogP contribution in [0.3, 0.4) is 0 Å². The number of hydrogen-bond donors (Lipinski definition) is 1. The minimum Gasteiger partial charge on any atom is -0.461 e. The third-order valence-corrected chi connectivity index (χ3v) is 5.57. The maximum absolute atomic E-state index is 12.2. The van der Waals surface area contributed by atoms with Gasteiger partial charge in [-0.05, 0) is 31.9 Å². The Morgan fingerprint density at radius 2 is 2.19 bits per heavy atom. The number of thiazole rings is 1. The number of carbonyl (C=O) groups excluding carboxylic acids is 1. The van der Waals surface area contributed by atoms with E-state index in [1.807, 2.05) is 30.5 Å². The molecule has 1 amide bonds. The summed E-state index contributed by atoms with van der Waals surface area (Å²) in [6.07, 6.45) is 1.61. The van der Waals surface area contributed by atoms with Crippen molar-refractivity contribution in [3.63, 3.8) is 0 Å². The molecule has 0 fully saturated rings. The third kappa shape index (κ3) is 4.34. The van der Waals surface area contributed by atoms with E-state index in [2.05, 4.69) is 34.3 Å². The Labute approximate surface area is 160 Å². The zero-order valence-corrected chi connectivity index (χ0v) is 16.8. The maximum Gasteiger partial charge on any atom is 0.236 e. The summed E-state index contributed by atoms with van der Waals surface area (Å²) in [5.41, 5.74) is 0.942. The molecule has 138 valence electrons. The Balaban J connectivity index is 1.70. The lowest BCUT2D eigenvalue weighted by Gasteiger charge is -2.11. The van der Waals surface area contributed by atoms with Crippen molar-refractivity contribution in [1.82, 2.24) is 19.7 Å². The Hall–Kier alpha value is -2.13. The van der Waals surface area contributed by atoms with E-state index in [1.165, 1.54) is 23.1 Å². The normalized spacial score (nSPS) is 11.3. The number of hydrogen-bond acceptors (Lipinski definition) is 7. The van der Waals surface area contributed by atoms with Crippen molar-refractivity contribution >= 4 is 34.1 Å². The van der Waals surface area contributed by atoms with Crippen molar-refractivity contribution in [3.8, 4) is 11.6 Å². The first-order valence-electron chi connectivity index (χ1n) is 8.27. The summed E-state index contributed by atoms with van der Waals surface area (Å²) >= 11 is 2.84. The summed E-state index contributed by atoms with van der Waals surface area (Å²) in [5, 5.41) is 12.7. The van der Waals surface area contributed by atoms with Gasteiger partial charge in [-0.1, -0.05) is 25.6 Å². The van der Waals surface area contributed by atoms with Crippen LogP contribution in [0.15, 0.2) is 28.0 Å². The van der Waals surface area contributed by atoms with E-state index in [1.54, 1.807) is 6.26 Å². The second kappa shape index (κ2) is 8.05. The maximum atomic E-state index is 12.2. The molecule has 3 aromatic heterocycles. The van der Waals surface area contributed by atoms with E-state index in [4.69, 9.17) is 4.42 Å². The SMILES string of the molecule is Cc1nc(NC(=O)CSc2nnc(-c3ccco3)n2CC(C)C)sc1C. The number of thioether (sulfide) groups is 1. The van der Waals surface area contributed by atoms with Crippen LogP contribution in [-0.2, 0) is 11.3 Å². The Kier molecular flexibility index (Phi) is 5.77. The molecule has 0 saturated carbocycles. The fourth-order valence-electron chi connectivity index (χ4n) is 2.32. The molecule has 0 radical (unpaired) electrons. The van der Waals surface area contributed by atoms with Crippen molar-refractivity contribution in [2.45, 2.75) is 39.4 Å². The first-order valence-corrected chi connectivity index (χ1v) is 10.1. The van der Waals surface area contributed by atoms with E-state index in [0.29, 0.717) is 27.8 Å². The molecule has 0 aliphatic rings. The quantitative estimate of drug-likeness (QED) is 0.613. The molecular weight excluding hydrogens is 370 g/mol. The number of nitrogens with zero attached hydrogens (tertiary/aromatic N) is 4. The zero-order chi connectivity index (χ0) is 18.7. The van der Waals surface area contributed by atoms with Crippen LogP contribution in [0.4, 0.5) is 5.13 Å². The number of anilines is 1. The number of carbonyl (C=O) groups is 1. The van der Waals surface area contributed by atoms with E-state index in [9.17, 15) is 4.79 Å². The molecule has 0 aliphatic carbocycles. The standard InChI is InChI=1S/C17H21N5O2S2/c1-10(2)8-22-15(13-6-5-7-24-13)20-21-17(22)25-9-14(23)19-16-18-11(3)12(4)26-16/h5-7,10H,8-9H2,1-4H3,(H,18,19,23). The second-order valence-electron chi connectivity index (χ2n) is 6.29. The molecule has 26 heavy (non-hydrogen) atoms. The first kappa shape index (κ1) is 18.7. The summed E-state index contributed by atoms with van der Waals surface area (Å²) < 4.78 is 7.45. The summed E-state index contributed by atoms with van der Waals surface area (Å²) in [5.74, 6) is 1.89. The van der Waals surface area contributed by atoms with Gasteiger partial charge in [0.05, 0.1) is 17.7 Å². The molecular formula is C17H21N5O2S2. The molecule has 0 saturated heterocycles. The number of aryl methyl sites for hydroxylation is 2. The van der Waals surface area contributed by atoms with Crippen molar-refractivity contribution < 1.29 is 9.21 Å². The van der Waals surface area contributed by atoms with Gasteiger partial charge in [0, 0.05) is 11.4 Å². The Bertz CT molecular complexity index is 864. The van der Waals surface area contributed by atoms with Crippen molar-refractivity contribution in [1.29, 1.82) is 0 Å². The molecule has 0 unspecified atom stereocenters. The van der Waals surface area contributed by atoms with Gasteiger partial charge in [0.1, 0.15) is 0 Å². The largest absolute Gasteiger partial charge is 0.461 e. The van der Waals surface area contributed by atoms with Crippen LogP contribution in [-0.4, -0.2) is 31.4 Å². The van der Waals surface area contributed by atoms with Crippen LogP contribution < -0.4 is 5.32 Å². The molecule has 0 spiro atoms. The smallest absolute Gasteiger partial charge is 0.236 e. The predicted molar refractivity (Wildman–Crippen MR) is 104 cm³/mol. The molecule has 0 aliphatic heterocycles. The van der Waals surface area contributed by atoms with Crippen molar-refractivity contribution in [2.75, 3.05) is 11.1 Å². The first-order chi connectivity index (χ1) is 12.4. The molecule has 7 nitrogen and oxygen atoms in total. The summed E-state index contributed by atoms with van der Waals surface area (Å²) in [4.78, 5) is 17.7. The van der Waals surface area contributed by atoms with Crippen LogP contribution in [0, 0.1) is 19.8 Å². The fraction of sp³-hybridized carbons (Fsp3) is 0.412. The minimum absolute atomic E-state index is 0.109. The highest BCUT2D eigenvalue weighted by molar-refractivity contribution is 7.99. The van der Waals surface area contributed by atoms with E-state index < -0.39 is 0 Å². The van der Waals surface area contributed by atoms with Crippen molar-refractivity contribution in [2.24, 2.45) is 5.92 Å². The van der Waals surface area contributed by atoms with Gasteiger partial charge in [0.25, 0.3) is 0 Å². The fourth-order valence-corrected chi connectivity index (χ4v) is 3.90. The summed E-state index contributed by atoms with van der Waals surface area (Å²) in [7, 11) is 0. The van der Waals surface area contributed by atoms with Gasteiger partial charge in [-0.2, -0.15) is 0 Å². The Morgan fingerprint density at radius 1 is 1.38 bits per heavy atom. The number of rotatable bonds is 7. The Morgan fingerprint density at radius 3 is 2.81 bits per heavy atom. The zero-order valence-electron chi connectivity index (χ0n) is 15.1. The molecule has 1 N–H and O–H groups in total. The molecule has 9 heteroatoms. The predicted octanol–water partition coefficient (Wildman–Crippen LogP) is 4.00.